The van der Waals surface area contributed by atoms with Crippen molar-refractivity contribution in [2.45, 2.75) is 44.4 Å². The second kappa shape index (κ2) is 11.9. The van der Waals surface area contributed by atoms with Crippen molar-refractivity contribution in [2.24, 2.45) is 5.92 Å². The summed E-state index contributed by atoms with van der Waals surface area (Å²) < 4.78 is 1.74. The van der Waals surface area contributed by atoms with E-state index in [-0.39, 0.29) is 30.9 Å². The van der Waals surface area contributed by atoms with Gasteiger partial charge in [0.15, 0.2) is 5.60 Å². The Kier molecular flexibility index (Phi) is 7.92. The summed E-state index contributed by atoms with van der Waals surface area (Å²) >= 11 is 0. The number of aliphatic hydroxyl groups excluding tert-OH is 1. The van der Waals surface area contributed by atoms with Gasteiger partial charge in [-0.15, -0.1) is 5.10 Å². The molecule has 0 bridgehead atoms. The van der Waals surface area contributed by atoms with E-state index in [1.165, 1.54) is 0 Å². The molecule has 0 saturated carbocycles. The van der Waals surface area contributed by atoms with Gasteiger partial charge in [-0.3, -0.25) is 14.3 Å². The molecule has 3 aromatic carbocycles. The van der Waals surface area contributed by atoms with Crippen molar-refractivity contribution in [3.63, 3.8) is 0 Å². The highest BCUT2D eigenvalue weighted by Crippen LogP contribution is 2.45. The van der Waals surface area contributed by atoms with Gasteiger partial charge < -0.3 is 20.0 Å². The third-order valence-electron chi connectivity index (χ3n) is 8.50. The summed E-state index contributed by atoms with van der Waals surface area (Å²) in [7, 11) is 0. The number of benzene rings is 3. The molecule has 2 aliphatic rings. The smallest absolute Gasteiger partial charge is 0.264 e. The van der Waals surface area contributed by atoms with Crippen molar-refractivity contribution in [1.29, 1.82) is 0 Å². The maximum atomic E-state index is 13.9. The zero-order valence-corrected chi connectivity index (χ0v) is 24.1. The number of rotatable bonds is 11. The highest BCUT2D eigenvalue weighted by atomic mass is 16.3. The van der Waals surface area contributed by atoms with Crippen LogP contribution in [0.1, 0.15) is 48.1 Å². The molecule has 4 aromatic rings. The third-order valence-corrected chi connectivity index (χ3v) is 8.50. The fraction of sp³-hybridized carbons (Fsp3) is 0.294. The fourth-order valence-corrected chi connectivity index (χ4v) is 5.94. The van der Waals surface area contributed by atoms with Crippen molar-refractivity contribution in [2.75, 3.05) is 23.0 Å². The molecule has 6 rings (SSSR count). The zero-order chi connectivity index (χ0) is 30.0. The van der Waals surface area contributed by atoms with Crippen LogP contribution in [0.2, 0.25) is 0 Å². The molecule has 0 aliphatic carbocycles. The van der Waals surface area contributed by atoms with E-state index in [0.717, 1.165) is 16.8 Å². The Labute approximate surface area is 250 Å². The van der Waals surface area contributed by atoms with E-state index < -0.39 is 11.5 Å². The first-order chi connectivity index (χ1) is 20.9. The van der Waals surface area contributed by atoms with Gasteiger partial charge in [-0.1, -0.05) is 85.0 Å². The topological polar surface area (TPSA) is 112 Å². The van der Waals surface area contributed by atoms with Gasteiger partial charge in [0.05, 0.1) is 30.5 Å². The fourth-order valence-electron chi connectivity index (χ4n) is 5.94. The van der Waals surface area contributed by atoms with Gasteiger partial charge in [-0.25, -0.2) is 0 Å². The van der Waals surface area contributed by atoms with Gasteiger partial charge in [0.1, 0.15) is 0 Å². The number of fused-ring (bicyclic) bond motifs is 1. The van der Waals surface area contributed by atoms with E-state index >= 15 is 0 Å². The number of carbonyl (C=O) groups excluding carboxylic acids is 2. The lowest BCUT2D eigenvalue weighted by Crippen LogP contribution is -2.44. The Morgan fingerprint density at radius 2 is 1.81 bits per heavy atom. The monoisotopic (exact) mass is 577 g/mol. The molecule has 1 saturated heterocycles. The summed E-state index contributed by atoms with van der Waals surface area (Å²) in [6.07, 6.45) is 6.86. The summed E-state index contributed by atoms with van der Waals surface area (Å²) in [5.41, 5.74) is 2.96. The Balaban J connectivity index is 1.13. The normalized spacial score (nSPS) is 19.5. The molecule has 3 atom stereocenters. The lowest BCUT2D eigenvalue weighted by molar-refractivity contribution is -0.139. The maximum absolute atomic E-state index is 13.9. The minimum absolute atomic E-state index is 0.0607. The van der Waals surface area contributed by atoms with Crippen molar-refractivity contribution < 1.29 is 19.8 Å². The van der Waals surface area contributed by atoms with Gasteiger partial charge in [0.25, 0.3) is 5.91 Å². The van der Waals surface area contributed by atoms with Crippen LogP contribution in [0.4, 0.5) is 11.4 Å². The largest absolute Gasteiger partial charge is 0.395 e. The highest BCUT2D eigenvalue weighted by Gasteiger charge is 2.52. The number of amides is 2. The zero-order valence-electron chi connectivity index (χ0n) is 24.1. The first-order valence-electron chi connectivity index (χ1n) is 14.7. The molecule has 3 heterocycles. The minimum atomic E-state index is -1.71. The molecule has 43 heavy (non-hydrogen) atoms. The van der Waals surface area contributed by atoms with Crippen LogP contribution in [-0.4, -0.2) is 50.2 Å². The Morgan fingerprint density at radius 1 is 1.02 bits per heavy atom. The Hall–Kier alpha value is -4.60. The molecule has 9 nitrogen and oxygen atoms in total. The molecule has 1 unspecified atom stereocenters. The van der Waals surface area contributed by atoms with E-state index in [1.807, 2.05) is 104 Å². The van der Waals surface area contributed by atoms with Crippen LogP contribution in [-0.2, 0) is 28.3 Å². The maximum Gasteiger partial charge on any atom is 0.264 e. The molecule has 9 heteroatoms. The first-order valence-corrected chi connectivity index (χ1v) is 14.7. The van der Waals surface area contributed by atoms with E-state index in [9.17, 15) is 19.8 Å². The van der Waals surface area contributed by atoms with Crippen LogP contribution in [0.15, 0.2) is 97.2 Å². The quantitative estimate of drug-likeness (QED) is 0.205. The molecule has 1 fully saturated rings. The molecule has 1 aromatic heterocycles. The number of carbonyl (C=O) groups is 2. The van der Waals surface area contributed by atoms with Crippen LogP contribution in [0, 0.1) is 5.92 Å². The molecule has 2 amide bonds. The van der Waals surface area contributed by atoms with Crippen LogP contribution in [0.3, 0.4) is 0 Å². The van der Waals surface area contributed by atoms with Gasteiger partial charge in [-0.05, 0) is 35.7 Å². The number of hydrogen-bond acceptors (Lipinski definition) is 6. The predicted octanol–water partition coefficient (Wildman–Crippen LogP) is 4.16. The summed E-state index contributed by atoms with van der Waals surface area (Å²) in [6, 6.07) is 24.8. The number of aromatic nitrogens is 3. The Bertz CT molecular complexity index is 1650. The summed E-state index contributed by atoms with van der Waals surface area (Å²) in [5, 5.41) is 30.4. The highest BCUT2D eigenvalue weighted by molar-refractivity contribution is 6.07. The lowest BCUT2D eigenvalue weighted by Gasteiger charge is -2.31. The van der Waals surface area contributed by atoms with E-state index in [1.54, 1.807) is 14.5 Å². The van der Waals surface area contributed by atoms with E-state index in [2.05, 4.69) is 10.3 Å². The van der Waals surface area contributed by atoms with Crippen LogP contribution in [0.5, 0.6) is 0 Å². The summed E-state index contributed by atoms with van der Waals surface area (Å²) in [4.78, 5) is 29.2. The minimum Gasteiger partial charge on any atom is -0.395 e. The van der Waals surface area contributed by atoms with Gasteiger partial charge in [0, 0.05) is 42.9 Å². The Morgan fingerprint density at radius 3 is 2.56 bits per heavy atom. The average Bonchev–Trinajstić information content (AvgIpc) is 3.57. The summed E-state index contributed by atoms with van der Waals surface area (Å²) in [5.74, 6) is -0.995. The standard InChI is InChI=1S/C34H35N5O4/c1-24(10-7-8-18-37-22-30(35-36-37)28(23-40)26-12-3-2-4-13-26)34(43)29-15-5-6-16-31(29)39(33(34)42)21-25-11-9-14-27(20-25)38-19-17-32(38)41/h2-7,9-16,20,22,24,28,40,43H,8,17-19,21,23H2,1H3/b10-7+/t24-,28?,34+/m1/s1. The molecular weight excluding hydrogens is 542 g/mol. The summed E-state index contributed by atoms with van der Waals surface area (Å²) in [6.45, 7) is 3.34. The second-order valence-electron chi connectivity index (χ2n) is 11.2. The second-order valence-corrected chi connectivity index (χ2v) is 11.2. The lowest BCUT2D eigenvalue weighted by atomic mass is 9.83. The number of allylic oxidation sites excluding steroid dienone is 1. The predicted molar refractivity (Wildman–Crippen MR) is 163 cm³/mol. The molecule has 220 valence electrons. The van der Waals surface area contributed by atoms with Crippen LogP contribution < -0.4 is 9.80 Å². The van der Waals surface area contributed by atoms with E-state index in [4.69, 9.17) is 0 Å². The van der Waals surface area contributed by atoms with Crippen molar-refractivity contribution in [3.8, 4) is 0 Å². The third kappa shape index (κ3) is 5.37. The van der Waals surface area contributed by atoms with Crippen molar-refractivity contribution in [1.82, 2.24) is 15.0 Å². The number of β-lactam (4-membered cyclic amide) rings is 1. The SMILES string of the molecule is C[C@H](/C=C/CCn1cc(C(CO)c2ccccc2)nn1)[C@@]1(O)C(=O)N(Cc2cccc(N3CCC3=O)c2)c2ccccc21. The number of nitrogens with zero attached hydrogens (tertiary/aromatic N) is 5. The average molecular weight is 578 g/mol. The van der Waals surface area contributed by atoms with Crippen LogP contribution in [0.25, 0.3) is 0 Å². The number of anilines is 2. The number of aliphatic hydroxyl groups is 2. The number of para-hydroxylation sites is 1. The first kappa shape index (κ1) is 28.5. The van der Waals surface area contributed by atoms with Crippen LogP contribution >= 0.6 is 0 Å². The molecule has 0 radical (unpaired) electrons. The molecular formula is C34H35N5O4. The number of hydrogen-bond donors (Lipinski definition) is 2. The van der Waals surface area contributed by atoms with E-state index in [0.29, 0.717) is 42.9 Å². The molecule has 2 aliphatic heterocycles. The van der Waals surface area contributed by atoms with Gasteiger partial charge >= 0.3 is 0 Å². The van der Waals surface area contributed by atoms with Crippen molar-refractivity contribution >= 4 is 23.2 Å². The van der Waals surface area contributed by atoms with Gasteiger partial charge in [0.2, 0.25) is 5.91 Å². The molecule has 0 spiro atoms. The van der Waals surface area contributed by atoms with Crippen molar-refractivity contribution in [3.05, 3.63) is 120 Å². The number of aryl methyl sites for hydroxylation is 1. The molecule has 2 N–H and O–H groups in total. The van der Waals surface area contributed by atoms with Gasteiger partial charge in [-0.2, -0.15) is 0 Å².